The number of ether oxygens (including phenoxy) is 3. The van der Waals surface area contributed by atoms with Crippen molar-refractivity contribution in [1.82, 2.24) is 25.8 Å². The van der Waals surface area contributed by atoms with E-state index in [1.807, 2.05) is 30.3 Å². The second-order valence-corrected chi connectivity index (χ2v) is 11.7. The number of carbonyl (C=O) groups excluding carboxylic acids is 5. The third kappa shape index (κ3) is 12.2. The summed E-state index contributed by atoms with van der Waals surface area (Å²) in [4.78, 5) is 67.0. The first-order chi connectivity index (χ1) is 23.3. The van der Waals surface area contributed by atoms with Gasteiger partial charge in [-0.25, -0.2) is 9.18 Å². The summed E-state index contributed by atoms with van der Waals surface area (Å²) in [5, 5.41) is 8.42. The predicted octanol–water partition coefficient (Wildman–Crippen LogP) is 1.72. The topological polar surface area (TPSA) is 156 Å². The molecule has 2 fully saturated rings. The highest BCUT2D eigenvalue weighted by Crippen LogP contribution is 2.29. The lowest BCUT2D eigenvalue weighted by atomic mass is 9.81. The van der Waals surface area contributed by atoms with Crippen LogP contribution in [0.15, 0.2) is 54.6 Å². The molecule has 4 rings (SSSR count). The quantitative estimate of drug-likeness (QED) is 0.420. The van der Waals surface area contributed by atoms with Crippen LogP contribution in [0.1, 0.15) is 35.2 Å². The first-order valence-electron chi connectivity index (χ1n) is 16.2. The number of nitrogens with one attached hydrogen (secondary N) is 3. The first-order valence-corrected chi connectivity index (χ1v) is 16.2. The van der Waals surface area contributed by atoms with Crippen molar-refractivity contribution in [2.45, 2.75) is 25.9 Å². The largest absolute Gasteiger partial charge is 0.445 e. The van der Waals surface area contributed by atoms with E-state index in [0.29, 0.717) is 32.5 Å². The standard InChI is InChI=1S/C34H44FN5O8/c35-29-8-6-26(7-9-29)33(44)38-13-16-39-22-31(42)36-12-10-28-21-40(34(45)48-23-25-4-2-1-3-5-25)15-11-27(28)20-30(41)37-14-17-46-18-19-47-24-32(39)43/h1-9,27-28H,10-24H2,(H,36,42)(H,37,41)(H,38,44)/t27-,28-/m0/s1. The van der Waals surface area contributed by atoms with Gasteiger partial charge in [0.05, 0.1) is 26.4 Å². The molecular weight excluding hydrogens is 625 g/mol. The molecule has 0 aromatic heterocycles. The van der Waals surface area contributed by atoms with Gasteiger partial charge in [-0.1, -0.05) is 30.3 Å². The summed E-state index contributed by atoms with van der Waals surface area (Å²) >= 11 is 0. The molecule has 2 aliphatic heterocycles. The van der Waals surface area contributed by atoms with Gasteiger partial charge in [0.2, 0.25) is 17.7 Å². The molecule has 2 aromatic carbocycles. The minimum absolute atomic E-state index is 0.0146. The predicted molar refractivity (Wildman–Crippen MR) is 172 cm³/mol. The summed E-state index contributed by atoms with van der Waals surface area (Å²) in [6, 6.07) is 14.5. The summed E-state index contributed by atoms with van der Waals surface area (Å²) in [6.07, 6.45) is 0.952. The number of amides is 5. The number of carbonyl (C=O) groups is 5. The average Bonchev–Trinajstić information content (AvgIpc) is 3.08. The number of likely N-dealkylation sites (tertiary alicyclic amines) is 1. The lowest BCUT2D eigenvalue weighted by Gasteiger charge is -2.38. The Balaban J connectivity index is 1.35. The highest BCUT2D eigenvalue weighted by molar-refractivity contribution is 5.94. The number of hydrogen-bond acceptors (Lipinski definition) is 8. The van der Waals surface area contributed by atoms with Crippen molar-refractivity contribution in [3.63, 3.8) is 0 Å². The van der Waals surface area contributed by atoms with Gasteiger partial charge >= 0.3 is 6.09 Å². The molecule has 0 unspecified atom stereocenters. The molecular formula is C34H44FN5O8. The molecule has 0 bridgehead atoms. The second kappa shape index (κ2) is 19.3. The van der Waals surface area contributed by atoms with Crippen LogP contribution in [-0.2, 0) is 35.2 Å². The van der Waals surface area contributed by atoms with E-state index in [1.165, 1.54) is 29.2 Å². The normalized spacial score (nSPS) is 20.6. The smallest absolute Gasteiger partial charge is 0.410 e. The van der Waals surface area contributed by atoms with E-state index in [0.717, 1.165) is 5.56 Å². The zero-order chi connectivity index (χ0) is 34.1. The molecule has 5 amide bonds. The molecule has 14 heteroatoms. The third-order valence-electron chi connectivity index (χ3n) is 8.27. The van der Waals surface area contributed by atoms with Crippen molar-refractivity contribution in [1.29, 1.82) is 0 Å². The van der Waals surface area contributed by atoms with Gasteiger partial charge in [-0.15, -0.1) is 0 Å². The van der Waals surface area contributed by atoms with Crippen molar-refractivity contribution in [2.24, 2.45) is 11.8 Å². The average molecular weight is 670 g/mol. The molecule has 13 nitrogen and oxygen atoms in total. The van der Waals surface area contributed by atoms with Gasteiger partial charge in [-0.05, 0) is 54.5 Å². The molecule has 0 radical (unpaired) electrons. The molecule has 0 spiro atoms. The van der Waals surface area contributed by atoms with Crippen LogP contribution in [0.2, 0.25) is 0 Å². The van der Waals surface area contributed by atoms with Gasteiger partial charge in [0.25, 0.3) is 5.91 Å². The van der Waals surface area contributed by atoms with Gasteiger partial charge < -0.3 is 40.0 Å². The summed E-state index contributed by atoms with van der Waals surface area (Å²) in [7, 11) is 0. The zero-order valence-electron chi connectivity index (χ0n) is 27.0. The van der Waals surface area contributed by atoms with Gasteiger partial charge in [-0.2, -0.15) is 0 Å². The van der Waals surface area contributed by atoms with E-state index in [9.17, 15) is 28.4 Å². The molecule has 2 atom stereocenters. The second-order valence-electron chi connectivity index (χ2n) is 11.7. The Morgan fingerprint density at radius 1 is 0.896 bits per heavy atom. The highest BCUT2D eigenvalue weighted by atomic mass is 19.1. The van der Waals surface area contributed by atoms with Crippen LogP contribution in [0.3, 0.4) is 0 Å². The van der Waals surface area contributed by atoms with Crippen molar-refractivity contribution >= 4 is 29.7 Å². The van der Waals surface area contributed by atoms with Crippen LogP contribution >= 0.6 is 0 Å². The van der Waals surface area contributed by atoms with Gasteiger partial charge in [-0.3, -0.25) is 19.2 Å². The lowest BCUT2D eigenvalue weighted by Crippen LogP contribution is -2.47. The summed E-state index contributed by atoms with van der Waals surface area (Å²) < 4.78 is 29.7. The summed E-state index contributed by atoms with van der Waals surface area (Å²) in [5.74, 6) is -1.96. The number of halogens is 1. The van der Waals surface area contributed by atoms with E-state index >= 15 is 0 Å². The Hall–Kier alpha value is -4.56. The van der Waals surface area contributed by atoms with Crippen molar-refractivity contribution in [3.8, 4) is 0 Å². The number of rotatable bonds is 6. The molecule has 48 heavy (non-hydrogen) atoms. The van der Waals surface area contributed by atoms with Crippen LogP contribution in [0.25, 0.3) is 0 Å². The van der Waals surface area contributed by atoms with Crippen LogP contribution in [0.5, 0.6) is 0 Å². The van der Waals surface area contributed by atoms with Crippen LogP contribution in [-0.4, -0.2) is 112 Å². The SMILES string of the molecule is O=C1C[C@@H]2CCN(C(=O)OCc3ccccc3)C[C@@H]2CCNC(=O)CN(CCNC(=O)c2ccc(F)cc2)C(=O)COCCOCCN1. The van der Waals surface area contributed by atoms with E-state index < -0.39 is 29.6 Å². The Labute approximate surface area is 279 Å². The lowest BCUT2D eigenvalue weighted by molar-refractivity contribution is -0.140. The molecule has 2 aromatic rings. The van der Waals surface area contributed by atoms with Crippen molar-refractivity contribution in [3.05, 3.63) is 71.5 Å². The summed E-state index contributed by atoms with van der Waals surface area (Å²) in [6.45, 7) is 1.72. The summed E-state index contributed by atoms with van der Waals surface area (Å²) in [5.41, 5.74) is 1.14. The minimum atomic E-state index is -0.463. The fourth-order valence-electron chi connectivity index (χ4n) is 5.62. The first kappa shape index (κ1) is 36.3. The number of hydrogen-bond donors (Lipinski definition) is 3. The number of piperidine rings is 1. The zero-order valence-corrected chi connectivity index (χ0v) is 27.0. The molecule has 2 saturated heterocycles. The van der Waals surface area contributed by atoms with Gasteiger partial charge in [0.15, 0.2) is 0 Å². The Bertz CT molecular complexity index is 1360. The number of benzene rings is 2. The van der Waals surface area contributed by atoms with E-state index in [2.05, 4.69) is 16.0 Å². The van der Waals surface area contributed by atoms with E-state index in [4.69, 9.17) is 14.2 Å². The molecule has 0 saturated carbocycles. The Morgan fingerprint density at radius 3 is 2.44 bits per heavy atom. The fraction of sp³-hybridized carbons (Fsp3) is 0.500. The van der Waals surface area contributed by atoms with Crippen molar-refractivity contribution in [2.75, 3.05) is 72.2 Å². The van der Waals surface area contributed by atoms with Gasteiger partial charge in [0.1, 0.15) is 19.0 Å². The molecule has 0 aliphatic carbocycles. The van der Waals surface area contributed by atoms with Crippen LogP contribution in [0, 0.1) is 17.7 Å². The number of nitrogens with zero attached hydrogens (tertiary/aromatic N) is 2. The van der Waals surface area contributed by atoms with E-state index in [1.54, 1.807) is 4.90 Å². The maximum Gasteiger partial charge on any atom is 0.410 e. The Kier molecular flexibility index (Phi) is 14.6. The third-order valence-corrected chi connectivity index (χ3v) is 8.27. The molecule has 2 aliphatic rings. The molecule has 3 N–H and O–H groups in total. The van der Waals surface area contributed by atoms with Gasteiger partial charge in [0, 0.05) is 51.3 Å². The molecule has 260 valence electrons. The monoisotopic (exact) mass is 669 g/mol. The van der Waals surface area contributed by atoms with Crippen molar-refractivity contribution < 1.29 is 42.6 Å². The highest BCUT2D eigenvalue weighted by Gasteiger charge is 2.33. The van der Waals surface area contributed by atoms with E-state index in [-0.39, 0.29) is 88.9 Å². The molecule has 2 heterocycles. The minimum Gasteiger partial charge on any atom is -0.445 e. The fourth-order valence-corrected chi connectivity index (χ4v) is 5.62. The van der Waals surface area contributed by atoms with Crippen LogP contribution < -0.4 is 16.0 Å². The Morgan fingerprint density at radius 2 is 1.65 bits per heavy atom. The van der Waals surface area contributed by atoms with Crippen LogP contribution in [0.4, 0.5) is 9.18 Å². The number of fused-ring (bicyclic) bond motifs is 1. The maximum absolute atomic E-state index is 13.2. The maximum atomic E-state index is 13.2.